The molecule has 72 valence electrons. The van der Waals surface area contributed by atoms with Gasteiger partial charge in [-0.2, -0.15) is 0 Å². The van der Waals surface area contributed by atoms with Crippen molar-refractivity contribution in [2.45, 2.75) is 6.92 Å². The van der Waals surface area contributed by atoms with Gasteiger partial charge in [0.2, 0.25) is 4.77 Å². The van der Waals surface area contributed by atoms with Crippen LogP contribution in [0.15, 0.2) is 24.5 Å². The van der Waals surface area contributed by atoms with Gasteiger partial charge >= 0.3 is 0 Å². The monoisotopic (exact) mass is 225 g/mol. The van der Waals surface area contributed by atoms with Gasteiger partial charge in [0.15, 0.2) is 0 Å². The third kappa shape index (κ3) is 1.71. The van der Waals surface area contributed by atoms with Gasteiger partial charge in [-0.25, -0.2) is 9.67 Å². The molecule has 0 unspecified atom stereocenters. The minimum absolute atomic E-state index is 0.460. The van der Waals surface area contributed by atoms with Crippen molar-refractivity contribution in [3.63, 3.8) is 0 Å². The Labute approximate surface area is 91.3 Å². The molecule has 1 aromatic heterocycles. The zero-order valence-electron chi connectivity index (χ0n) is 7.49. The van der Waals surface area contributed by atoms with Gasteiger partial charge in [-0.15, -0.1) is 0 Å². The number of aromatic amines is 1. The topological polar surface area (TPSA) is 33.6 Å². The molecule has 2 aromatic rings. The Balaban J connectivity index is 2.52. The van der Waals surface area contributed by atoms with Crippen molar-refractivity contribution in [1.82, 2.24) is 14.8 Å². The molecule has 0 atom stereocenters. The highest BCUT2D eigenvalue weighted by Gasteiger charge is 1.99. The van der Waals surface area contributed by atoms with Crippen molar-refractivity contribution in [3.05, 3.63) is 39.9 Å². The molecule has 5 heteroatoms. The van der Waals surface area contributed by atoms with Crippen LogP contribution in [0.4, 0.5) is 0 Å². The molecule has 0 radical (unpaired) electrons. The number of hydrogen-bond acceptors (Lipinski definition) is 2. The SMILES string of the molecule is Cc1ccc(-n2cnc(=S)[nH]2)cc1Cl. The first kappa shape index (κ1) is 9.43. The Morgan fingerprint density at radius 3 is 2.86 bits per heavy atom. The molecule has 14 heavy (non-hydrogen) atoms. The lowest BCUT2D eigenvalue weighted by molar-refractivity contribution is 0.873. The third-order valence-corrected chi connectivity index (χ3v) is 2.54. The van der Waals surface area contributed by atoms with Crippen molar-refractivity contribution in [1.29, 1.82) is 0 Å². The van der Waals surface area contributed by atoms with Crippen LogP contribution in [-0.2, 0) is 0 Å². The molecule has 0 saturated heterocycles. The Morgan fingerprint density at radius 1 is 1.50 bits per heavy atom. The fourth-order valence-corrected chi connectivity index (χ4v) is 1.45. The molecule has 2 rings (SSSR count). The zero-order valence-corrected chi connectivity index (χ0v) is 9.06. The smallest absolute Gasteiger partial charge is 0.213 e. The van der Waals surface area contributed by atoms with E-state index in [0.717, 1.165) is 16.3 Å². The van der Waals surface area contributed by atoms with Gasteiger partial charge in [0, 0.05) is 5.02 Å². The van der Waals surface area contributed by atoms with Crippen LogP contribution in [0.5, 0.6) is 0 Å². The van der Waals surface area contributed by atoms with Gasteiger partial charge in [-0.3, -0.25) is 5.10 Å². The van der Waals surface area contributed by atoms with Gasteiger partial charge in [-0.1, -0.05) is 17.7 Å². The summed E-state index contributed by atoms with van der Waals surface area (Å²) in [6.45, 7) is 1.96. The van der Waals surface area contributed by atoms with Crippen LogP contribution in [0.25, 0.3) is 5.69 Å². The Kier molecular flexibility index (Phi) is 2.39. The van der Waals surface area contributed by atoms with E-state index in [1.807, 2.05) is 25.1 Å². The van der Waals surface area contributed by atoms with E-state index < -0.39 is 0 Å². The second-order valence-corrected chi connectivity index (χ2v) is 3.76. The quantitative estimate of drug-likeness (QED) is 0.758. The van der Waals surface area contributed by atoms with Gasteiger partial charge in [-0.05, 0) is 36.8 Å². The van der Waals surface area contributed by atoms with E-state index in [4.69, 9.17) is 23.8 Å². The molecule has 3 nitrogen and oxygen atoms in total. The molecule has 1 aromatic carbocycles. The molecule has 0 aliphatic rings. The van der Waals surface area contributed by atoms with Gasteiger partial charge in [0.1, 0.15) is 6.33 Å². The number of nitrogens with one attached hydrogen (secondary N) is 1. The van der Waals surface area contributed by atoms with Gasteiger partial charge < -0.3 is 0 Å². The summed E-state index contributed by atoms with van der Waals surface area (Å²) in [6.07, 6.45) is 1.63. The molecule has 0 bridgehead atoms. The van der Waals surface area contributed by atoms with E-state index >= 15 is 0 Å². The summed E-state index contributed by atoms with van der Waals surface area (Å²) in [6, 6.07) is 5.77. The summed E-state index contributed by atoms with van der Waals surface area (Å²) >= 11 is 10.9. The molecule has 0 saturated carbocycles. The number of benzene rings is 1. The fraction of sp³-hybridized carbons (Fsp3) is 0.111. The molecular formula is C9H8ClN3S. The molecule has 1 N–H and O–H groups in total. The van der Waals surface area contributed by atoms with Crippen LogP contribution in [-0.4, -0.2) is 14.8 Å². The summed E-state index contributed by atoms with van der Waals surface area (Å²) in [5.74, 6) is 0. The molecule has 1 heterocycles. The lowest BCUT2D eigenvalue weighted by atomic mass is 10.2. The van der Waals surface area contributed by atoms with E-state index in [2.05, 4.69) is 10.1 Å². The predicted molar refractivity (Wildman–Crippen MR) is 58.5 cm³/mol. The average molecular weight is 226 g/mol. The van der Waals surface area contributed by atoms with Crippen LogP contribution in [0.3, 0.4) is 0 Å². The van der Waals surface area contributed by atoms with Crippen molar-refractivity contribution < 1.29 is 0 Å². The van der Waals surface area contributed by atoms with Crippen LogP contribution in [0.2, 0.25) is 5.02 Å². The lowest BCUT2D eigenvalue weighted by Gasteiger charge is -2.03. The van der Waals surface area contributed by atoms with E-state index in [1.165, 1.54) is 0 Å². The summed E-state index contributed by atoms with van der Waals surface area (Å²) in [5, 5.41) is 3.63. The first-order valence-corrected chi connectivity index (χ1v) is 4.85. The first-order valence-electron chi connectivity index (χ1n) is 4.07. The van der Waals surface area contributed by atoms with Crippen LogP contribution in [0.1, 0.15) is 5.56 Å². The lowest BCUT2D eigenvalue weighted by Crippen LogP contribution is -1.94. The molecule has 0 amide bonds. The number of hydrogen-bond donors (Lipinski definition) is 1. The number of halogens is 1. The highest BCUT2D eigenvalue weighted by atomic mass is 35.5. The minimum Gasteiger partial charge on any atom is -0.267 e. The highest BCUT2D eigenvalue weighted by molar-refractivity contribution is 7.71. The molecule has 0 aliphatic carbocycles. The number of nitrogens with zero attached hydrogens (tertiary/aromatic N) is 2. The van der Waals surface area contributed by atoms with E-state index in [-0.39, 0.29) is 0 Å². The van der Waals surface area contributed by atoms with Crippen molar-refractivity contribution in [2.75, 3.05) is 0 Å². The third-order valence-electron chi connectivity index (χ3n) is 1.94. The number of aromatic nitrogens is 3. The summed E-state index contributed by atoms with van der Waals surface area (Å²) in [4.78, 5) is 3.92. The summed E-state index contributed by atoms with van der Waals surface area (Å²) in [7, 11) is 0. The molecular weight excluding hydrogens is 218 g/mol. The van der Waals surface area contributed by atoms with E-state index in [1.54, 1.807) is 11.0 Å². The van der Waals surface area contributed by atoms with Crippen LogP contribution in [0, 0.1) is 11.7 Å². The van der Waals surface area contributed by atoms with E-state index in [0.29, 0.717) is 4.77 Å². The highest BCUT2D eigenvalue weighted by Crippen LogP contribution is 2.18. The molecule has 0 aliphatic heterocycles. The summed E-state index contributed by atoms with van der Waals surface area (Å²) < 4.78 is 2.19. The Bertz CT molecular complexity index is 515. The fourth-order valence-electron chi connectivity index (χ4n) is 1.13. The Morgan fingerprint density at radius 2 is 2.29 bits per heavy atom. The van der Waals surface area contributed by atoms with Crippen molar-refractivity contribution in [2.24, 2.45) is 0 Å². The standard InChI is InChI=1S/C9H8ClN3S/c1-6-2-3-7(4-8(6)10)13-5-11-9(14)12-13/h2-5H,1H3,(H,12,14). The minimum atomic E-state index is 0.460. The molecule has 0 fully saturated rings. The van der Waals surface area contributed by atoms with Gasteiger partial charge in [0.05, 0.1) is 5.69 Å². The van der Waals surface area contributed by atoms with Crippen LogP contribution < -0.4 is 0 Å². The second kappa shape index (κ2) is 3.55. The number of aryl methyl sites for hydroxylation is 1. The average Bonchev–Trinajstić information content (AvgIpc) is 2.57. The normalized spacial score (nSPS) is 10.4. The second-order valence-electron chi connectivity index (χ2n) is 2.97. The zero-order chi connectivity index (χ0) is 10.1. The van der Waals surface area contributed by atoms with E-state index in [9.17, 15) is 0 Å². The summed E-state index contributed by atoms with van der Waals surface area (Å²) in [5.41, 5.74) is 1.97. The largest absolute Gasteiger partial charge is 0.267 e. The van der Waals surface area contributed by atoms with Crippen molar-refractivity contribution >= 4 is 23.8 Å². The van der Waals surface area contributed by atoms with Gasteiger partial charge in [0.25, 0.3) is 0 Å². The predicted octanol–water partition coefficient (Wildman–Crippen LogP) is 2.89. The number of H-pyrrole nitrogens is 1. The van der Waals surface area contributed by atoms with Crippen molar-refractivity contribution in [3.8, 4) is 5.69 Å². The molecule has 0 spiro atoms. The maximum Gasteiger partial charge on any atom is 0.213 e. The Hall–Kier alpha value is -1.13. The first-order chi connectivity index (χ1) is 6.66. The maximum atomic E-state index is 6.00. The maximum absolute atomic E-state index is 6.00. The van der Waals surface area contributed by atoms with Crippen LogP contribution >= 0.6 is 23.8 Å². The number of rotatable bonds is 1.